The van der Waals surface area contributed by atoms with Crippen molar-refractivity contribution >= 4 is 28.4 Å². The van der Waals surface area contributed by atoms with Crippen LogP contribution in [0.25, 0.3) is 11.5 Å². The zero-order chi connectivity index (χ0) is 20.0. The summed E-state index contributed by atoms with van der Waals surface area (Å²) in [5.74, 6) is 2.98. The van der Waals surface area contributed by atoms with Gasteiger partial charge in [-0.15, -0.1) is 0 Å². The molecule has 1 aromatic rings. The normalized spacial score (nSPS) is 19.0. The van der Waals surface area contributed by atoms with Gasteiger partial charge in [-0.2, -0.15) is 0 Å². The number of hydrogen-bond acceptors (Lipinski definition) is 4. The lowest BCUT2D eigenvalue weighted by Crippen LogP contribution is -2.32. The Morgan fingerprint density at radius 1 is 1.24 bits per heavy atom. The minimum Gasteiger partial charge on any atom is -0.365 e. The first-order valence-corrected chi connectivity index (χ1v) is 11.7. The van der Waals surface area contributed by atoms with E-state index in [1.807, 2.05) is 9.13 Å². The van der Waals surface area contributed by atoms with Crippen molar-refractivity contribution in [2.45, 2.75) is 70.5 Å². The van der Waals surface area contributed by atoms with E-state index in [1.165, 1.54) is 22.0 Å². The minimum atomic E-state index is 0.0323. The smallest absolute Gasteiger partial charge is 0.331 e. The Labute approximate surface area is 184 Å². The molecule has 1 saturated carbocycles. The van der Waals surface area contributed by atoms with E-state index in [-0.39, 0.29) is 11.7 Å². The predicted octanol–water partition coefficient (Wildman–Crippen LogP) is 4.25. The van der Waals surface area contributed by atoms with Crippen LogP contribution in [-0.4, -0.2) is 25.1 Å². The summed E-state index contributed by atoms with van der Waals surface area (Å²) in [6.45, 7) is 3.45. The van der Waals surface area contributed by atoms with Crippen LogP contribution in [0.2, 0.25) is 0 Å². The van der Waals surface area contributed by atoms with Crippen molar-refractivity contribution in [3.8, 4) is 11.5 Å². The zero-order valence-corrected chi connectivity index (χ0v) is 18.9. The molecule has 29 heavy (non-hydrogen) atoms. The first-order valence-electron chi connectivity index (χ1n) is 10.7. The summed E-state index contributed by atoms with van der Waals surface area (Å²) >= 11 is 2.35. The van der Waals surface area contributed by atoms with Crippen LogP contribution in [0.4, 0.5) is 5.82 Å². The lowest BCUT2D eigenvalue weighted by atomic mass is 10.1. The monoisotopic (exact) mass is 503 g/mol. The summed E-state index contributed by atoms with van der Waals surface area (Å²) < 4.78 is 4.95. The number of hydrogen-bond donors (Lipinski definition) is 1. The molecule has 1 unspecified atom stereocenters. The molecule has 1 atom stereocenters. The summed E-state index contributed by atoms with van der Waals surface area (Å²) in [6, 6.07) is 8.75. The van der Waals surface area contributed by atoms with Crippen molar-refractivity contribution in [3.05, 3.63) is 49.7 Å². The standard InChI is InChI=1S/C22H26IN5O/c1-2-10-27-21-18(25-19(26-21)15-7-3-4-8-15)20-24-17(13-28(20)22(27)29)12-14-6-5-9-16(23)11-14/h5-6,9,11,15,17,24H,2-4,7-8,10,12-13H2,1H3. The summed E-state index contributed by atoms with van der Waals surface area (Å²) in [7, 11) is 0. The molecule has 1 aromatic carbocycles. The Kier molecular flexibility index (Phi) is 5.09. The second-order valence-electron chi connectivity index (χ2n) is 8.30. The van der Waals surface area contributed by atoms with Gasteiger partial charge in [0.25, 0.3) is 0 Å². The van der Waals surface area contributed by atoms with Gasteiger partial charge in [0.2, 0.25) is 0 Å². The molecule has 3 heterocycles. The van der Waals surface area contributed by atoms with E-state index in [0.717, 1.165) is 48.8 Å². The molecular weight excluding hydrogens is 477 g/mol. The molecule has 0 radical (unpaired) electrons. The molecule has 0 spiro atoms. The number of rotatable bonds is 5. The number of fused-ring (bicyclic) bond motifs is 3. The second-order valence-corrected chi connectivity index (χ2v) is 9.55. The lowest BCUT2D eigenvalue weighted by molar-refractivity contribution is 0.560. The Morgan fingerprint density at radius 3 is 2.83 bits per heavy atom. The van der Waals surface area contributed by atoms with Gasteiger partial charge in [0, 0.05) is 28.6 Å². The number of nitrogens with zero attached hydrogens (tertiary/aromatic N) is 4. The number of nitrogens with one attached hydrogen (secondary N) is 1. The third-order valence-electron chi connectivity index (χ3n) is 6.15. The van der Waals surface area contributed by atoms with E-state index < -0.39 is 0 Å². The highest BCUT2D eigenvalue weighted by molar-refractivity contribution is 14.1. The molecule has 0 aromatic heterocycles. The van der Waals surface area contributed by atoms with Gasteiger partial charge in [-0.1, -0.05) is 31.9 Å². The summed E-state index contributed by atoms with van der Waals surface area (Å²) in [5.41, 5.74) is 2.18. The molecule has 7 heteroatoms. The molecule has 1 aliphatic carbocycles. The molecule has 0 saturated heterocycles. The third-order valence-corrected chi connectivity index (χ3v) is 6.82. The van der Waals surface area contributed by atoms with Crippen molar-refractivity contribution in [1.29, 1.82) is 0 Å². The highest BCUT2D eigenvalue weighted by Crippen LogP contribution is 2.37. The molecule has 1 fully saturated rings. The third kappa shape index (κ3) is 3.47. The van der Waals surface area contributed by atoms with Crippen LogP contribution in [0.15, 0.2) is 29.1 Å². The van der Waals surface area contributed by atoms with E-state index in [4.69, 9.17) is 9.97 Å². The van der Waals surface area contributed by atoms with E-state index >= 15 is 0 Å². The Balaban J connectivity index is 1.53. The number of imidazole rings is 1. The van der Waals surface area contributed by atoms with E-state index in [0.29, 0.717) is 19.0 Å². The van der Waals surface area contributed by atoms with Crippen molar-refractivity contribution in [2.75, 3.05) is 5.32 Å². The average molecular weight is 503 g/mol. The quantitative estimate of drug-likeness (QED) is 0.529. The Hall–Kier alpha value is -1.90. The molecule has 4 aliphatic rings. The van der Waals surface area contributed by atoms with E-state index in [9.17, 15) is 4.79 Å². The maximum absolute atomic E-state index is 13.3. The van der Waals surface area contributed by atoms with Crippen LogP contribution in [0, 0.1) is 3.57 Å². The molecule has 0 bridgehead atoms. The zero-order valence-electron chi connectivity index (χ0n) is 16.7. The van der Waals surface area contributed by atoms with Gasteiger partial charge in [0.05, 0.1) is 0 Å². The van der Waals surface area contributed by atoms with Gasteiger partial charge < -0.3 is 5.32 Å². The van der Waals surface area contributed by atoms with Gasteiger partial charge in [-0.25, -0.2) is 14.8 Å². The molecule has 5 rings (SSSR count). The number of aromatic nitrogens is 4. The van der Waals surface area contributed by atoms with Crippen molar-refractivity contribution in [1.82, 2.24) is 19.1 Å². The van der Waals surface area contributed by atoms with E-state index in [1.54, 1.807) is 0 Å². The number of anilines is 1. The van der Waals surface area contributed by atoms with Gasteiger partial charge in [0.1, 0.15) is 17.3 Å². The summed E-state index contributed by atoms with van der Waals surface area (Å²) in [6.07, 6.45) is 6.61. The second kappa shape index (κ2) is 7.74. The lowest BCUT2D eigenvalue weighted by Gasteiger charge is -2.13. The maximum atomic E-state index is 13.3. The highest BCUT2D eigenvalue weighted by Gasteiger charge is 2.33. The van der Waals surface area contributed by atoms with Crippen LogP contribution in [0.3, 0.4) is 0 Å². The van der Waals surface area contributed by atoms with Gasteiger partial charge in [0.15, 0.2) is 5.82 Å². The van der Waals surface area contributed by atoms with Gasteiger partial charge in [-0.3, -0.25) is 9.13 Å². The molecule has 152 valence electrons. The highest BCUT2D eigenvalue weighted by atomic mass is 127. The van der Waals surface area contributed by atoms with Crippen molar-refractivity contribution in [3.63, 3.8) is 0 Å². The Bertz CT molecular complexity index is 1070. The minimum absolute atomic E-state index is 0.0323. The summed E-state index contributed by atoms with van der Waals surface area (Å²) in [4.78, 5) is 23.1. The van der Waals surface area contributed by atoms with Crippen LogP contribution in [-0.2, 0) is 19.5 Å². The average Bonchev–Trinajstić information content (AvgIpc) is 3.43. The van der Waals surface area contributed by atoms with Gasteiger partial charge in [-0.05, 0) is 66.0 Å². The fourth-order valence-corrected chi connectivity index (χ4v) is 5.40. The van der Waals surface area contributed by atoms with Crippen LogP contribution < -0.4 is 11.0 Å². The van der Waals surface area contributed by atoms with Crippen LogP contribution in [0.5, 0.6) is 0 Å². The largest absolute Gasteiger partial charge is 0.365 e. The van der Waals surface area contributed by atoms with E-state index in [2.05, 4.69) is 59.1 Å². The van der Waals surface area contributed by atoms with Crippen molar-refractivity contribution < 1.29 is 0 Å². The van der Waals surface area contributed by atoms with Crippen LogP contribution >= 0.6 is 22.6 Å². The fourth-order valence-electron chi connectivity index (χ4n) is 4.79. The SMILES string of the molecule is CCCn1c2nc(C3CCCC3)nc-2c2n(c1=O)CC(Cc1cccc(I)c1)N2. The van der Waals surface area contributed by atoms with Crippen molar-refractivity contribution in [2.24, 2.45) is 0 Å². The topological polar surface area (TPSA) is 64.7 Å². The first-order chi connectivity index (χ1) is 14.1. The molecule has 6 nitrogen and oxygen atoms in total. The molecule has 0 amide bonds. The van der Waals surface area contributed by atoms with Crippen LogP contribution in [0.1, 0.15) is 56.3 Å². The fraction of sp³-hybridized carbons (Fsp3) is 0.500. The summed E-state index contributed by atoms with van der Waals surface area (Å²) in [5, 5.41) is 3.60. The predicted molar refractivity (Wildman–Crippen MR) is 123 cm³/mol. The Morgan fingerprint density at radius 2 is 2.07 bits per heavy atom. The molecular formula is C22H26IN5O. The molecule has 1 N–H and O–H groups in total. The number of halogens is 1. The maximum Gasteiger partial charge on any atom is 0.331 e. The first kappa shape index (κ1) is 19.1. The number of benzene rings is 1. The van der Waals surface area contributed by atoms with Gasteiger partial charge >= 0.3 is 5.69 Å². The molecule has 3 aliphatic heterocycles.